The molecule has 0 fully saturated rings. The van der Waals surface area contributed by atoms with Crippen molar-refractivity contribution in [3.8, 4) is 0 Å². The molecule has 1 aromatic heterocycles. The lowest BCUT2D eigenvalue weighted by Crippen LogP contribution is -2.43. The van der Waals surface area contributed by atoms with Crippen LogP contribution in [0.4, 0.5) is 0 Å². The third-order valence-corrected chi connectivity index (χ3v) is 3.60. The quantitative estimate of drug-likeness (QED) is 0.828. The predicted molar refractivity (Wildman–Crippen MR) is 66.5 cm³/mol. The van der Waals surface area contributed by atoms with Gasteiger partial charge in [0.05, 0.1) is 11.7 Å². The zero-order valence-corrected chi connectivity index (χ0v) is 11.1. The lowest BCUT2D eigenvalue weighted by atomic mass is 10.2. The number of carbonyl (C=O) groups excluding carboxylic acids is 1. The standard InChI is InChI=1S/C11H16N2O3S/c1-7(12(2)3)13(4)10(14)8-5-9(11(15)16)17-6-8/h5-7H,1-4H3,(H,15,16). The highest BCUT2D eigenvalue weighted by Crippen LogP contribution is 2.17. The van der Waals surface area contributed by atoms with Gasteiger partial charge < -0.3 is 10.0 Å². The molecule has 94 valence electrons. The minimum Gasteiger partial charge on any atom is -0.477 e. The Morgan fingerprint density at radius 2 is 1.94 bits per heavy atom. The molecule has 0 aromatic carbocycles. The normalized spacial score (nSPS) is 12.5. The maximum Gasteiger partial charge on any atom is 0.345 e. The SMILES string of the molecule is CC(N(C)C)N(C)C(=O)c1csc(C(=O)O)c1. The van der Waals surface area contributed by atoms with Crippen LogP contribution in [0.1, 0.15) is 27.0 Å². The van der Waals surface area contributed by atoms with Crippen molar-refractivity contribution in [2.75, 3.05) is 21.1 Å². The lowest BCUT2D eigenvalue weighted by molar-refractivity contribution is 0.0586. The van der Waals surface area contributed by atoms with Gasteiger partial charge in [-0.25, -0.2) is 4.79 Å². The van der Waals surface area contributed by atoms with Crippen molar-refractivity contribution in [2.45, 2.75) is 13.1 Å². The molecule has 0 spiro atoms. The Balaban J connectivity index is 2.85. The van der Waals surface area contributed by atoms with E-state index in [2.05, 4.69) is 0 Å². The number of amides is 1. The van der Waals surface area contributed by atoms with Crippen LogP contribution in [0.3, 0.4) is 0 Å². The minimum absolute atomic E-state index is 0.0457. The highest BCUT2D eigenvalue weighted by atomic mass is 32.1. The van der Waals surface area contributed by atoms with Crippen molar-refractivity contribution < 1.29 is 14.7 Å². The number of nitrogens with zero attached hydrogens (tertiary/aromatic N) is 2. The van der Waals surface area contributed by atoms with Crippen LogP contribution in [0.5, 0.6) is 0 Å². The summed E-state index contributed by atoms with van der Waals surface area (Å²) >= 11 is 1.06. The molecule has 0 aliphatic heterocycles. The Labute approximate surface area is 104 Å². The Bertz CT molecular complexity index is 428. The second kappa shape index (κ2) is 5.29. The molecule has 0 saturated carbocycles. The lowest BCUT2D eigenvalue weighted by Gasteiger charge is -2.29. The molecular weight excluding hydrogens is 240 g/mol. The molecule has 0 aliphatic carbocycles. The van der Waals surface area contributed by atoms with Gasteiger partial charge in [-0.2, -0.15) is 0 Å². The van der Waals surface area contributed by atoms with Crippen LogP contribution in [-0.4, -0.2) is 54.1 Å². The first-order chi connectivity index (χ1) is 7.84. The molecule has 5 nitrogen and oxygen atoms in total. The fourth-order valence-electron chi connectivity index (χ4n) is 1.28. The molecule has 1 N–H and O–H groups in total. The zero-order valence-electron chi connectivity index (χ0n) is 10.3. The topological polar surface area (TPSA) is 60.9 Å². The van der Waals surface area contributed by atoms with Gasteiger partial charge in [-0.05, 0) is 27.1 Å². The van der Waals surface area contributed by atoms with Crippen molar-refractivity contribution in [1.82, 2.24) is 9.80 Å². The fourth-order valence-corrected chi connectivity index (χ4v) is 2.00. The van der Waals surface area contributed by atoms with E-state index in [-0.39, 0.29) is 17.0 Å². The first-order valence-corrected chi connectivity index (χ1v) is 5.98. The number of thiophene rings is 1. The molecule has 0 aliphatic rings. The summed E-state index contributed by atoms with van der Waals surface area (Å²) in [6.45, 7) is 1.91. The molecule has 0 radical (unpaired) electrons. The van der Waals surface area contributed by atoms with Gasteiger partial charge in [-0.3, -0.25) is 9.69 Å². The largest absolute Gasteiger partial charge is 0.477 e. The highest BCUT2D eigenvalue weighted by Gasteiger charge is 2.20. The Morgan fingerprint density at radius 1 is 1.35 bits per heavy atom. The fraction of sp³-hybridized carbons (Fsp3) is 0.455. The van der Waals surface area contributed by atoms with Crippen molar-refractivity contribution in [2.24, 2.45) is 0 Å². The molecule has 0 saturated heterocycles. The van der Waals surface area contributed by atoms with Gasteiger partial charge in [0, 0.05) is 12.4 Å². The molecule has 0 bridgehead atoms. The second-order valence-corrected chi connectivity index (χ2v) is 4.93. The average molecular weight is 256 g/mol. The third kappa shape index (κ3) is 3.04. The van der Waals surface area contributed by atoms with Gasteiger partial charge in [0.1, 0.15) is 4.88 Å². The van der Waals surface area contributed by atoms with Crippen molar-refractivity contribution in [1.29, 1.82) is 0 Å². The van der Waals surface area contributed by atoms with E-state index in [0.29, 0.717) is 5.56 Å². The number of carboxylic acids is 1. The minimum atomic E-state index is -1.00. The molecule has 17 heavy (non-hydrogen) atoms. The number of carboxylic acid groups (broad SMARTS) is 1. The molecule has 1 atom stereocenters. The van der Waals surface area contributed by atoms with Crippen molar-refractivity contribution in [3.63, 3.8) is 0 Å². The Morgan fingerprint density at radius 3 is 2.35 bits per heavy atom. The number of hydrogen-bond acceptors (Lipinski definition) is 4. The van der Waals surface area contributed by atoms with Crippen LogP contribution in [0.25, 0.3) is 0 Å². The predicted octanol–water partition coefficient (Wildman–Crippen LogP) is 1.43. The highest BCUT2D eigenvalue weighted by molar-refractivity contribution is 7.12. The summed E-state index contributed by atoms with van der Waals surface area (Å²) < 4.78 is 0. The number of carbonyl (C=O) groups is 2. The monoisotopic (exact) mass is 256 g/mol. The van der Waals surface area contributed by atoms with Gasteiger partial charge >= 0.3 is 5.97 Å². The van der Waals surface area contributed by atoms with Crippen molar-refractivity contribution in [3.05, 3.63) is 21.9 Å². The average Bonchev–Trinajstić information content (AvgIpc) is 2.75. The van der Waals surface area contributed by atoms with E-state index in [0.717, 1.165) is 11.3 Å². The summed E-state index contributed by atoms with van der Waals surface area (Å²) in [6, 6.07) is 1.41. The zero-order chi connectivity index (χ0) is 13.2. The second-order valence-electron chi connectivity index (χ2n) is 4.02. The molecule has 1 amide bonds. The molecule has 6 heteroatoms. The van der Waals surface area contributed by atoms with E-state index < -0.39 is 5.97 Å². The van der Waals surface area contributed by atoms with Crippen LogP contribution >= 0.6 is 11.3 Å². The first-order valence-electron chi connectivity index (χ1n) is 5.10. The number of hydrogen-bond donors (Lipinski definition) is 1. The smallest absolute Gasteiger partial charge is 0.345 e. The summed E-state index contributed by atoms with van der Waals surface area (Å²) in [7, 11) is 5.46. The Hall–Kier alpha value is -1.40. The Kier molecular flexibility index (Phi) is 4.25. The van der Waals surface area contributed by atoms with Crippen LogP contribution < -0.4 is 0 Å². The first kappa shape index (κ1) is 13.7. The van der Waals surface area contributed by atoms with Crippen LogP contribution in [-0.2, 0) is 0 Å². The number of rotatable bonds is 4. The molecule has 1 aromatic rings. The summed E-state index contributed by atoms with van der Waals surface area (Å²) in [5.74, 6) is -1.17. The van der Waals surface area contributed by atoms with E-state index in [4.69, 9.17) is 5.11 Å². The van der Waals surface area contributed by atoms with E-state index in [9.17, 15) is 9.59 Å². The van der Waals surface area contributed by atoms with Crippen LogP contribution in [0.15, 0.2) is 11.4 Å². The van der Waals surface area contributed by atoms with Crippen LogP contribution in [0.2, 0.25) is 0 Å². The molecule has 1 rings (SSSR count). The molecular formula is C11H16N2O3S. The third-order valence-electron chi connectivity index (χ3n) is 2.69. The van der Waals surface area contributed by atoms with Gasteiger partial charge in [0.15, 0.2) is 0 Å². The summed E-state index contributed by atoms with van der Waals surface area (Å²) in [6.07, 6.45) is -0.0457. The van der Waals surface area contributed by atoms with Gasteiger partial charge in [0.2, 0.25) is 0 Å². The summed E-state index contributed by atoms with van der Waals surface area (Å²) in [5.41, 5.74) is 0.420. The van der Waals surface area contributed by atoms with Crippen LogP contribution in [0, 0.1) is 0 Å². The van der Waals surface area contributed by atoms with E-state index in [1.165, 1.54) is 6.07 Å². The molecule has 1 unspecified atom stereocenters. The van der Waals surface area contributed by atoms with E-state index in [1.807, 2.05) is 25.9 Å². The number of aromatic carboxylic acids is 1. The summed E-state index contributed by atoms with van der Waals surface area (Å²) in [5, 5.41) is 10.4. The van der Waals surface area contributed by atoms with E-state index >= 15 is 0 Å². The maximum absolute atomic E-state index is 12.0. The summed E-state index contributed by atoms with van der Waals surface area (Å²) in [4.78, 5) is 26.4. The molecule has 1 heterocycles. The maximum atomic E-state index is 12.0. The van der Waals surface area contributed by atoms with Gasteiger partial charge in [0.25, 0.3) is 5.91 Å². The van der Waals surface area contributed by atoms with Gasteiger partial charge in [-0.1, -0.05) is 0 Å². The van der Waals surface area contributed by atoms with Crippen molar-refractivity contribution >= 4 is 23.2 Å². The van der Waals surface area contributed by atoms with Gasteiger partial charge in [-0.15, -0.1) is 11.3 Å². The van der Waals surface area contributed by atoms with E-state index in [1.54, 1.807) is 17.3 Å².